The summed E-state index contributed by atoms with van der Waals surface area (Å²) in [5.41, 5.74) is 0. The molecule has 0 unspecified atom stereocenters. The molecule has 0 atom stereocenters. The van der Waals surface area contributed by atoms with Gasteiger partial charge in [0, 0.05) is 13.1 Å². The van der Waals surface area contributed by atoms with Crippen molar-refractivity contribution in [2.45, 2.75) is 33.4 Å². The van der Waals surface area contributed by atoms with Crippen molar-refractivity contribution >= 4 is 11.6 Å². The molecule has 2 aromatic rings. The molecule has 0 spiro atoms. The average molecular weight is 261 g/mol. The zero-order valence-corrected chi connectivity index (χ0v) is 11.3. The molecule has 2 rings (SSSR count). The summed E-state index contributed by atoms with van der Waals surface area (Å²) < 4.78 is 1.99. The molecule has 0 saturated heterocycles. The van der Waals surface area contributed by atoms with Crippen molar-refractivity contribution in [3.8, 4) is 0 Å². The van der Waals surface area contributed by atoms with Gasteiger partial charge in [0.05, 0.1) is 18.9 Å². The number of rotatable bonds is 7. The lowest BCUT2D eigenvalue weighted by Crippen LogP contribution is -2.10. The number of anilines is 2. The van der Waals surface area contributed by atoms with E-state index in [4.69, 9.17) is 0 Å². The molecule has 0 saturated carbocycles. The average Bonchev–Trinajstić information content (AvgIpc) is 2.91. The molecule has 2 N–H and O–H groups in total. The Kier molecular flexibility index (Phi) is 4.66. The number of aromatic nitrogens is 5. The molecule has 7 heteroatoms. The lowest BCUT2D eigenvalue weighted by atomic mass is 10.5. The number of hydrogen-bond acceptors (Lipinski definition) is 6. The van der Waals surface area contributed by atoms with Crippen molar-refractivity contribution in [2.24, 2.45) is 0 Å². The second-order valence-corrected chi connectivity index (χ2v) is 4.10. The summed E-state index contributed by atoms with van der Waals surface area (Å²) in [6.45, 7) is 6.50. The maximum Gasteiger partial charge on any atom is 0.152 e. The highest BCUT2D eigenvalue weighted by Gasteiger charge is 2.03. The monoisotopic (exact) mass is 261 g/mol. The first kappa shape index (κ1) is 13.3. The predicted molar refractivity (Wildman–Crippen MR) is 73.8 cm³/mol. The highest BCUT2D eigenvalue weighted by Crippen LogP contribution is 2.08. The fraction of sp³-hybridized carbons (Fsp3) is 0.500. The zero-order valence-electron chi connectivity index (χ0n) is 11.3. The Morgan fingerprint density at radius 3 is 2.68 bits per heavy atom. The van der Waals surface area contributed by atoms with E-state index in [9.17, 15) is 0 Å². The Hall–Kier alpha value is -2.18. The number of nitrogens with one attached hydrogen (secondary N) is 2. The van der Waals surface area contributed by atoms with Crippen LogP contribution in [-0.4, -0.2) is 31.3 Å². The summed E-state index contributed by atoms with van der Waals surface area (Å²) in [6, 6.07) is 0. The van der Waals surface area contributed by atoms with E-state index in [1.165, 1.54) is 0 Å². The normalized spacial score (nSPS) is 10.4. The van der Waals surface area contributed by atoms with Crippen LogP contribution in [-0.2, 0) is 13.1 Å². The van der Waals surface area contributed by atoms with E-state index in [0.29, 0.717) is 6.54 Å². The van der Waals surface area contributed by atoms with Gasteiger partial charge in [-0.3, -0.25) is 4.98 Å². The Balaban J connectivity index is 1.95. The van der Waals surface area contributed by atoms with Gasteiger partial charge in [-0.05, 0) is 13.3 Å². The van der Waals surface area contributed by atoms with Crippen LogP contribution < -0.4 is 10.6 Å². The Morgan fingerprint density at radius 1 is 1.16 bits per heavy atom. The quantitative estimate of drug-likeness (QED) is 0.786. The SMILES string of the molecule is CCCNc1cncc(NCc2nncn2CC)n1. The fourth-order valence-corrected chi connectivity index (χ4v) is 1.64. The first-order valence-electron chi connectivity index (χ1n) is 6.50. The first-order chi connectivity index (χ1) is 9.33. The molecule has 0 aliphatic rings. The summed E-state index contributed by atoms with van der Waals surface area (Å²) in [5.74, 6) is 2.40. The van der Waals surface area contributed by atoms with E-state index in [1.54, 1.807) is 18.7 Å². The van der Waals surface area contributed by atoms with Crippen LogP contribution in [0.15, 0.2) is 18.7 Å². The second-order valence-electron chi connectivity index (χ2n) is 4.10. The van der Waals surface area contributed by atoms with Crippen LogP contribution in [0, 0.1) is 0 Å². The second kappa shape index (κ2) is 6.67. The molecule has 0 amide bonds. The highest BCUT2D eigenvalue weighted by molar-refractivity contribution is 5.41. The first-order valence-corrected chi connectivity index (χ1v) is 6.50. The van der Waals surface area contributed by atoms with E-state index < -0.39 is 0 Å². The van der Waals surface area contributed by atoms with Crippen molar-refractivity contribution in [3.05, 3.63) is 24.5 Å². The van der Waals surface area contributed by atoms with Crippen molar-refractivity contribution < 1.29 is 0 Å². The smallest absolute Gasteiger partial charge is 0.152 e. The summed E-state index contributed by atoms with van der Waals surface area (Å²) >= 11 is 0. The van der Waals surface area contributed by atoms with Crippen molar-refractivity contribution in [2.75, 3.05) is 17.2 Å². The lowest BCUT2D eigenvalue weighted by Gasteiger charge is -2.08. The van der Waals surface area contributed by atoms with Gasteiger partial charge in [0.1, 0.15) is 18.0 Å². The topological polar surface area (TPSA) is 80.5 Å². The highest BCUT2D eigenvalue weighted by atomic mass is 15.3. The molecule has 0 aliphatic carbocycles. The molecular formula is C12H19N7. The standard InChI is InChI=1S/C12H19N7/c1-3-5-14-10-6-13-7-11(17-10)15-8-12-18-16-9-19(12)4-2/h6-7,9H,3-5,8H2,1-2H3,(H2,14,15,17). The van der Waals surface area contributed by atoms with Gasteiger partial charge < -0.3 is 15.2 Å². The molecule has 7 nitrogen and oxygen atoms in total. The van der Waals surface area contributed by atoms with Gasteiger partial charge in [0.2, 0.25) is 0 Å². The van der Waals surface area contributed by atoms with Crippen LogP contribution >= 0.6 is 0 Å². The molecule has 2 aromatic heterocycles. The third kappa shape index (κ3) is 3.64. The van der Waals surface area contributed by atoms with Crippen LogP contribution in [0.1, 0.15) is 26.1 Å². The Morgan fingerprint density at radius 2 is 1.95 bits per heavy atom. The summed E-state index contributed by atoms with van der Waals surface area (Å²) in [7, 11) is 0. The van der Waals surface area contributed by atoms with Crippen molar-refractivity contribution in [3.63, 3.8) is 0 Å². The van der Waals surface area contributed by atoms with Crippen LogP contribution in [0.4, 0.5) is 11.6 Å². The molecule has 19 heavy (non-hydrogen) atoms. The molecule has 2 heterocycles. The maximum absolute atomic E-state index is 4.42. The molecule has 0 bridgehead atoms. The molecule has 0 radical (unpaired) electrons. The van der Waals surface area contributed by atoms with Crippen LogP contribution in [0.25, 0.3) is 0 Å². The largest absolute Gasteiger partial charge is 0.369 e. The van der Waals surface area contributed by atoms with Gasteiger partial charge in [-0.1, -0.05) is 6.92 Å². The fourth-order valence-electron chi connectivity index (χ4n) is 1.64. The molecule has 102 valence electrons. The minimum atomic E-state index is 0.583. The summed E-state index contributed by atoms with van der Waals surface area (Å²) in [6.07, 6.45) is 6.19. The Labute approximate surface area is 112 Å². The van der Waals surface area contributed by atoms with E-state index in [2.05, 4.69) is 44.6 Å². The zero-order chi connectivity index (χ0) is 13.5. The van der Waals surface area contributed by atoms with E-state index in [-0.39, 0.29) is 0 Å². The lowest BCUT2D eigenvalue weighted by molar-refractivity contribution is 0.707. The predicted octanol–water partition coefficient (Wildman–Crippen LogP) is 1.52. The van der Waals surface area contributed by atoms with Crippen LogP contribution in [0.2, 0.25) is 0 Å². The molecule has 0 fully saturated rings. The van der Waals surface area contributed by atoms with Gasteiger partial charge in [0.15, 0.2) is 5.82 Å². The van der Waals surface area contributed by atoms with Gasteiger partial charge in [-0.15, -0.1) is 10.2 Å². The molecule has 0 aromatic carbocycles. The third-order valence-electron chi connectivity index (χ3n) is 2.65. The number of aryl methyl sites for hydroxylation is 1. The number of nitrogens with zero attached hydrogens (tertiary/aromatic N) is 5. The van der Waals surface area contributed by atoms with Crippen molar-refractivity contribution in [1.29, 1.82) is 0 Å². The van der Waals surface area contributed by atoms with Gasteiger partial charge in [-0.2, -0.15) is 0 Å². The van der Waals surface area contributed by atoms with Gasteiger partial charge in [-0.25, -0.2) is 4.98 Å². The summed E-state index contributed by atoms with van der Waals surface area (Å²) in [5, 5.41) is 14.4. The van der Waals surface area contributed by atoms with E-state index >= 15 is 0 Å². The minimum absolute atomic E-state index is 0.583. The van der Waals surface area contributed by atoms with E-state index in [1.807, 2.05) is 4.57 Å². The summed E-state index contributed by atoms with van der Waals surface area (Å²) in [4.78, 5) is 8.57. The Bertz CT molecular complexity index is 508. The van der Waals surface area contributed by atoms with E-state index in [0.717, 1.165) is 37.0 Å². The molecular weight excluding hydrogens is 242 g/mol. The minimum Gasteiger partial charge on any atom is -0.369 e. The van der Waals surface area contributed by atoms with Gasteiger partial charge >= 0.3 is 0 Å². The molecule has 0 aliphatic heterocycles. The third-order valence-corrected chi connectivity index (χ3v) is 2.65. The van der Waals surface area contributed by atoms with Crippen LogP contribution in [0.5, 0.6) is 0 Å². The maximum atomic E-state index is 4.42. The van der Waals surface area contributed by atoms with Crippen LogP contribution in [0.3, 0.4) is 0 Å². The van der Waals surface area contributed by atoms with Gasteiger partial charge in [0.25, 0.3) is 0 Å². The number of hydrogen-bond donors (Lipinski definition) is 2. The van der Waals surface area contributed by atoms with Crippen molar-refractivity contribution in [1.82, 2.24) is 24.7 Å².